The van der Waals surface area contributed by atoms with Crippen LogP contribution < -0.4 is 20.9 Å². The minimum Gasteiger partial charge on any atom is -0.444 e. The van der Waals surface area contributed by atoms with Gasteiger partial charge in [0.05, 0.1) is 11.1 Å². The van der Waals surface area contributed by atoms with Gasteiger partial charge in [0.1, 0.15) is 16.4 Å². The minimum absolute atomic E-state index is 0.0254. The maximum Gasteiger partial charge on any atom is 0.416 e. The Morgan fingerprint density at radius 2 is 0.985 bits per heavy atom. The Kier molecular flexibility index (Phi) is 15.2. The van der Waals surface area contributed by atoms with E-state index in [1.807, 2.05) is 0 Å². The van der Waals surface area contributed by atoms with E-state index in [0.29, 0.717) is 0 Å². The molecule has 0 aliphatic carbocycles. The van der Waals surface area contributed by atoms with Gasteiger partial charge < -0.3 is 25.6 Å². The molecule has 2 fully saturated rings. The summed E-state index contributed by atoms with van der Waals surface area (Å²) in [4.78, 5) is 14.4. The van der Waals surface area contributed by atoms with Gasteiger partial charge >= 0.3 is 30.8 Å². The molecule has 1 amide bonds. The second-order valence-electron chi connectivity index (χ2n) is 16.6. The summed E-state index contributed by atoms with van der Waals surface area (Å²) >= 11 is 23.7. The molecular weight excluding hydrogens is 974 g/mol. The van der Waals surface area contributed by atoms with Crippen LogP contribution in [0.1, 0.15) is 67.0 Å². The Hall–Kier alpha value is -3.97. The summed E-state index contributed by atoms with van der Waals surface area (Å²) in [7, 11) is 0. The van der Waals surface area contributed by atoms with Crippen LogP contribution in [0.2, 0.25) is 20.1 Å². The van der Waals surface area contributed by atoms with Crippen molar-refractivity contribution in [1.82, 2.24) is 5.32 Å². The van der Waals surface area contributed by atoms with Crippen molar-refractivity contribution in [3.8, 4) is 0 Å². The highest BCUT2D eigenvalue weighted by Crippen LogP contribution is 2.52. The minimum atomic E-state index is -4.80. The zero-order chi connectivity index (χ0) is 48.7. The predicted octanol–water partition coefficient (Wildman–Crippen LogP) is 13.9. The van der Waals surface area contributed by atoms with E-state index in [-0.39, 0.29) is 79.8 Å². The number of amides is 1. The number of rotatable bonds is 7. The van der Waals surface area contributed by atoms with Crippen molar-refractivity contribution in [1.29, 1.82) is 0 Å². The van der Waals surface area contributed by atoms with E-state index >= 15 is 0 Å². The number of benzene rings is 4. The Morgan fingerprint density at radius 3 is 1.32 bits per heavy atom. The van der Waals surface area contributed by atoms with E-state index < -0.39 is 84.4 Å². The molecule has 65 heavy (non-hydrogen) atoms. The number of nitrogens with zero attached hydrogens (tertiary/aromatic N) is 2. The lowest BCUT2D eigenvalue weighted by Gasteiger charge is -2.33. The van der Waals surface area contributed by atoms with Gasteiger partial charge in [-0.1, -0.05) is 58.5 Å². The van der Waals surface area contributed by atoms with Crippen LogP contribution in [0.15, 0.2) is 72.8 Å². The highest BCUT2D eigenvalue weighted by atomic mass is 35.5. The molecule has 22 heteroatoms. The smallest absolute Gasteiger partial charge is 0.416 e. The van der Waals surface area contributed by atoms with Crippen LogP contribution in [-0.4, -0.2) is 50.2 Å². The standard InChI is InChI=1S/C24H24Cl2F6N2O2.C19H16Cl2F6N2/c1-21(2,3)36-20(35)33-12-14-4-5-18(11-19(14)23(27,28)29)34-7-6-22(13-34,24(30,31)32)15-8-16(25)10-17(26)9-15;20-13-5-12(6-14(21)7-13)17(19(25,26)27)3-4-29(10-17)15-2-1-11(9-28)16(8-15)18(22,23)24/h4-5,8-11H,6-7,12-13H2,1-3H3,(H,33,35);1-2,5-8H,3-4,9-10,28H2. The number of nitrogens with one attached hydrogen (secondary N) is 1. The van der Waals surface area contributed by atoms with Gasteiger partial charge in [-0.2, -0.15) is 52.7 Å². The molecule has 2 saturated heterocycles. The number of carbonyl (C=O) groups excluding carboxylic acids is 1. The maximum absolute atomic E-state index is 14.3. The summed E-state index contributed by atoms with van der Waals surface area (Å²) in [5.74, 6) is 0. The number of alkyl carbamates (subject to hydrolysis) is 1. The molecule has 2 heterocycles. The Bertz CT molecular complexity index is 2330. The van der Waals surface area contributed by atoms with Gasteiger partial charge in [0.2, 0.25) is 0 Å². The third kappa shape index (κ3) is 12.0. The number of anilines is 2. The number of hydrogen-bond acceptors (Lipinski definition) is 5. The van der Waals surface area contributed by atoms with Crippen molar-refractivity contribution < 1.29 is 62.2 Å². The topological polar surface area (TPSA) is 70.8 Å². The molecule has 356 valence electrons. The number of alkyl halides is 12. The zero-order valence-electron chi connectivity index (χ0n) is 34.4. The summed E-state index contributed by atoms with van der Waals surface area (Å²) in [5, 5.41) is 2.44. The largest absolute Gasteiger partial charge is 0.444 e. The van der Waals surface area contributed by atoms with Gasteiger partial charge in [-0.15, -0.1) is 0 Å². The second kappa shape index (κ2) is 19.0. The highest BCUT2D eigenvalue weighted by Gasteiger charge is 2.60. The number of nitrogens with two attached hydrogens (primary N) is 1. The van der Waals surface area contributed by atoms with Crippen LogP contribution in [0.25, 0.3) is 0 Å². The predicted molar refractivity (Wildman–Crippen MR) is 226 cm³/mol. The van der Waals surface area contributed by atoms with E-state index in [0.717, 1.165) is 18.2 Å². The summed E-state index contributed by atoms with van der Waals surface area (Å²) in [5.41, 5.74) is -2.76. The van der Waals surface area contributed by atoms with E-state index in [9.17, 15) is 57.5 Å². The highest BCUT2D eigenvalue weighted by molar-refractivity contribution is 6.35. The van der Waals surface area contributed by atoms with Gasteiger partial charge in [-0.05, 0) is 117 Å². The average molecular weight is 1010 g/mol. The molecule has 2 unspecified atom stereocenters. The summed E-state index contributed by atoms with van der Waals surface area (Å²) in [6.45, 7) is 2.64. The molecule has 4 aromatic rings. The van der Waals surface area contributed by atoms with E-state index in [1.54, 1.807) is 20.8 Å². The van der Waals surface area contributed by atoms with Gasteiger partial charge in [0.15, 0.2) is 0 Å². The fourth-order valence-corrected chi connectivity index (χ4v) is 8.90. The first kappa shape index (κ1) is 52.0. The van der Waals surface area contributed by atoms with Crippen molar-refractivity contribution in [3.05, 3.63) is 126 Å². The fraction of sp³-hybridized carbons (Fsp3) is 0.419. The number of ether oxygens (including phenoxy) is 1. The van der Waals surface area contributed by atoms with Crippen molar-refractivity contribution in [2.75, 3.05) is 36.0 Å². The molecule has 4 aromatic carbocycles. The van der Waals surface area contributed by atoms with E-state index in [2.05, 4.69) is 5.32 Å². The van der Waals surface area contributed by atoms with Crippen LogP contribution in [0.5, 0.6) is 0 Å². The number of halogens is 16. The molecule has 3 N–H and O–H groups in total. The Morgan fingerprint density at radius 1 is 0.615 bits per heavy atom. The average Bonchev–Trinajstić information content (AvgIpc) is 3.83. The molecule has 0 radical (unpaired) electrons. The summed E-state index contributed by atoms with van der Waals surface area (Å²) < 4.78 is 172. The Balaban J connectivity index is 0.000000250. The number of carbonyl (C=O) groups is 1. The molecular formula is C43H40Cl4F12N4O2. The third-order valence-corrected chi connectivity index (χ3v) is 11.9. The van der Waals surface area contributed by atoms with Gasteiger partial charge in [-0.25, -0.2) is 4.79 Å². The molecule has 2 aliphatic heterocycles. The van der Waals surface area contributed by atoms with Crippen molar-refractivity contribution in [2.24, 2.45) is 5.73 Å². The lowest BCUT2D eigenvalue weighted by Crippen LogP contribution is -2.45. The Labute approximate surface area is 385 Å². The molecule has 0 saturated carbocycles. The van der Waals surface area contributed by atoms with Crippen molar-refractivity contribution in [3.63, 3.8) is 0 Å². The van der Waals surface area contributed by atoms with E-state index in [4.69, 9.17) is 56.9 Å². The summed E-state index contributed by atoms with van der Waals surface area (Å²) in [6.07, 6.45) is -20.5. The van der Waals surface area contributed by atoms with E-state index in [1.165, 1.54) is 64.4 Å². The van der Waals surface area contributed by atoms with Crippen LogP contribution in [0.3, 0.4) is 0 Å². The number of hydrogen-bond donors (Lipinski definition) is 2. The molecule has 6 nitrogen and oxygen atoms in total. The SMILES string of the molecule is CC(C)(C)OC(=O)NCc1ccc(N2CCC(c3cc(Cl)cc(Cl)c3)(C(F)(F)F)C2)cc1C(F)(F)F.NCc1ccc(N2CCC(c3cc(Cl)cc(Cl)c3)(C(F)(F)F)C2)cc1C(F)(F)F. The molecule has 6 rings (SSSR count). The lowest BCUT2D eigenvalue weighted by molar-refractivity contribution is -0.185. The van der Waals surface area contributed by atoms with Crippen molar-refractivity contribution >= 4 is 63.9 Å². The quantitative estimate of drug-likeness (QED) is 0.181. The normalized spacial score (nSPS) is 19.6. The lowest BCUT2D eigenvalue weighted by atomic mass is 9.79. The molecule has 0 bridgehead atoms. The first-order chi connectivity index (χ1) is 29.8. The first-order valence-corrected chi connectivity index (χ1v) is 20.9. The summed E-state index contributed by atoms with van der Waals surface area (Å²) in [6, 6.07) is 14.0. The van der Waals surface area contributed by atoms with Crippen LogP contribution in [-0.2, 0) is 41.0 Å². The van der Waals surface area contributed by atoms with Crippen molar-refractivity contribution in [2.45, 2.75) is 87.8 Å². The maximum atomic E-state index is 14.3. The third-order valence-electron chi connectivity index (χ3n) is 11.0. The second-order valence-corrected chi connectivity index (χ2v) is 18.3. The molecule has 0 spiro atoms. The molecule has 0 aromatic heterocycles. The van der Waals surface area contributed by atoms with Crippen LogP contribution >= 0.6 is 46.4 Å². The van der Waals surface area contributed by atoms with Gasteiger partial charge in [0, 0.05) is 70.7 Å². The molecule has 2 aliphatic rings. The fourth-order valence-electron chi connectivity index (χ4n) is 7.85. The zero-order valence-corrected chi connectivity index (χ0v) is 37.4. The van der Waals surface area contributed by atoms with Gasteiger partial charge in [0.25, 0.3) is 0 Å². The van der Waals surface area contributed by atoms with Crippen LogP contribution in [0.4, 0.5) is 68.9 Å². The first-order valence-electron chi connectivity index (χ1n) is 19.4. The monoisotopic (exact) mass is 1010 g/mol. The molecule has 2 atom stereocenters. The van der Waals surface area contributed by atoms with Crippen LogP contribution in [0, 0.1) is 0 Å². The van der Waals surface area contributed by atoms with Gasteiger partial charge in [-0.3, -0.25) is 0 Å².